The minimum atomic E-state index is -0.0617. The number of hydrogen-bond donors (Lipinski definition) is 0. The van der Waals surface area contributed by atoms with E-state index in [9.17, 15) is 9.59 Å². The first-order chi connectivity index (χ1) is 15.0. The molecule has 0 aliphatic heterocycles. The molecule has 8 heteroatoms. The second-order valence-electron chi connectivity index (χ2n) is 7.74. The third-order valence-electron chi connectivity index (χ3n) is 5.58. The molecule has 31 heavy (non-hydrogen) atoms. The largest absolute Gasteiger partial charge is 0.348 e. The zero-order chi connectivity index (χ0) is 22.1. The Morgan fingerprint density at radius 2 is 1.74 bits per heavy atom. The van der Waals surface area contributed by atoms with Gasteiger partial charge in [0.1, 0.15) is 0 Å². The molecular weight excluding hydrogens is 410 g/mol. The number of ketones is 1. The summed E-state index contributed by atoms with van der Waals surface area (Å²) in [6.07, 6.45) is 1.84. The Bertz CT molecular complexity index is 1330. The van der Waals surface area contributed by atoms with Gasteiger partial charge in [-0.1, -0.05) is 37.7 Å². The van der Waals surface area contributed by atoms with E-state index in [0.29, 0.717) is 22.9 Å². The first-order valence-electron chi connectivity index (χ1n) is 10.7. The fraction of sp³-hybridized carbons (Fsp3) is 0.391. The number of carbonyl (C=O) groups is 1. The normalized spacial score (nSPS) is 11.6. The number of thioether (sulfide) groups is 1. The van der Waals surface area contributed by atoms with Crippen LogP contribution < -0.4 is 5.56 Å². The van der Waals surface area contributed by atoms with E-state index >= 15 is 0 Å². The van der Waals surface area contributed by atoms with Gasteiger partial charge in [-0.05, 0) is 44.9 Å². The van der Waals surface area contributed by atoms with Gasteiger partial charge in [-0.2, -0.15) is 0 Å². The Hall–Kier alpha value is -2.87. The molecule has 4 rings (SSSR count). The van der Waals surface area contributed by atoms with Gasteiger partial charge in [0.2, 0.25) is 5.78 Å². The van der Waals surface area contributed by atoms with Crippen molar-refractivity contribution in [1.29, 1.82) is 0 Å². The molecule has 0 amide bonds. The fourth-order valence-electron chi connectivity index (χ4n) is 4.11. The average Bonchev–Trinajstić information content (AvgIpc) is 3.31. The van der Waals surface area contributed by atoms with Crippen LogP contribution in [0.15, 0.2) is 40.3 Å². The van der Waals surface area contributed by atoms with Gasteiger partial charge in [-0.3, -0.25) is 18.6 Å². The first kappa shape index (κ1) is 21.4. The summed E-state index contributed by atoms with van der Waals surface area (Å²) >= 11 is 1.36. The van der Waals surface area contributed by atoms with Crippen LogP contribution in [0.2, 0.25) is 0 Å². The van der Waals surface area contributed by atoms with Gasteiger partial charge in [-0.15, -0.1) is 10.2 Å². The number of aryl methyl sites for hydroxylation is 2. The number of nitrogens with zero attached hydrogens (tertiary/aromatic N) is 5. The van der Waals surface area contributed by atoms with Crippen molar-refractivity contribution in [2.75, 3.05) is 5.75 Å². The van der Waals surface area contributed by atoms with Crippen molar-refractivity contribution >= 4 is 34.2 Å². The predicted octanol–water partition coefficient (Wildman–Crippen LogP) is 4.26. The maximum absolute atomic E-state index is 13.0. The van der Waals surface area contributed by atoms with Crippen LogP contribution in [0, 0.1) is 13.8 Å². The molecular formula is C23H27N5O2S. The Balaban J connectivity index is 1.71. The highest BCUT2D eigenvalue weighted by Gasteiger charge is 2.19. The smallest absolute Gasteiger partial charge is 0.262 e. The molecule has 0 aliphatic carbocycles. The Labute approximate surface area is 185 Å². The van der Waals surface area contributed by atoms with Gasteiger partial charge in [0, 0.05) is 30.0 Å². The number of benzene rings is 1. The first-order valence-corrected chi connectivity index (χ1v) is 11.7. The monoisotopic (exact) mass is 437 g/mol. The molecule has 0 saturated heterocycles. The molecule has 1 aromatic carbocycles. The van der Waals surface area contributed by atoms with Crippen molar-refractivity contribution in [2.45, 2.75) is 58.8 Å². The Morgan fingerprint density at radius 3 is 2.48 bits per heavy atom. The zero-order valence-corrected chi connectivity index (χ0v) is 19.2. The summed E-state index contributed by atoms with van der Waals surface area (Å²) in [5.41, 5.74) is 3.58. The van der Waals surface area contributed by atoms with E-state index in [0.717, 1.165) is 41.9 Å². The van der Waals surface area contributed by atoms with E-state index < -0.39 is 0 Å². The lowest BCUT2D eigenvalue weighted by Crippen LogP contribution is -2.23. The summed E-state index contributed by atoms with van der Waals surface area (Å²) < 4.78 is 5.76. The summed E-state index contributed by atoms with van der Waals surface area (Å²) in [6.45, 7) is 9.68. The third kappa shape index (κ3) is 3.69. The van der Waals surface area contributed by atoms with Gasteiger partial charge in [0.15, 0.2) is 10.9 Å². The summed E-state index contributed by atoms with van der Waals surface area (Å²) in [4.78, 5) is 25.9. The van der Waals surface area contributed by atoms with Crippen LogP contribution in [0.5, 0.6) is 0 Å². The molecule has 3 heterocycles. The number of carbonyl (C=O) groups excluding carboxylic acids is 1. The zero-order valence-electron chi connectivity index (χ0n) is 18.4. The van der Waals surface area contributed by atoms with Crippen molar-refractivity contribution in [2.24, 2.45) is 0 Å². The number of rotatable bonds is 8. The highest BCUT2D eigenvalue weighted by Crippen LogP contribution is 2.24. The summed E-state index contributed by atoms with van der Waals surface area (Å²) in [5, 5.41) is 9.87. The highest BCUT2D eigenvalue weighted by atomic mass is 32.2. The van der Waals surface area contributed by atoms with Crippen LogP contribution in [-0.2, 0) is 13.1 Å². The van der Waals surface area contributed by atoms with Crippen molar-refractivity contribution in [3.63, 3.8) is 0 Å². The number of aromatic nitrogens is 5. The van der Waals surface area contributed by atoms with E-state index in [1.54, 1.807) is 4.57 Å². The van der Waals surface area contributed by atoms with Crippen molar-refractivity contribution in [3.05, 3.63) is 57.6 Å². The highest BCUT2D eigenvalue weighted by molar-refractivity contribution is 7.99. The molecule has 0 fully saturated rings. The summed E-state index contributed by atoms with van der Waals surface area (Å²) in [5.74, 6) is 0.850. The minimum absolute atomic E-state index is 0.0617. The van der Waals surface area contributed by atoms with Gasteiger partial charge < -0.3 is 4.57 Å². The van der Waals surface area contributed by atoms with Crippen LogP contribution in [0.25, 0.3) is 16.7 Å². The standard InChI is InChI=1S/C23H27N5O2S/c1-5-11-26-15(3)13-18(16(26)4)20(29)14-31-23-25-24-22-27(12-6-2)21(30)17-9-7-8-10-19(17)28(22)23/h7-10,13H,5-6,11-12,14H2,1-4H3. The quantitative estimate of drug-likeness (QED) is 0.304. The van der Waals surface area contributed by atoms with Gasteiger partial charge in [0.05, 0.1) is 16.7 Å². The average molecular weight is 438 g/mol. The SMILES string of the molecule is CCCn1c(C)cc(C(=O)CSc2nnc3n(CCC)c(=O)c4ccccc4n23)c1C. The van der Waals surface area contributed by atoms with Crippen LogP contribution >= 0.6 is 11.8 Å². The summed E-state index contributed by atoms with van der Waals surface area (Å²) in [6, 6.07) is 9.45. The lowest BCUT2D eigenvalue weighted by Gasteiger charge is -2.10. The van der Waals surface area contributed by atoms with Crippen LogP contribution in [-0.4, -0.2) is 35.3 Å². The second kappa shape index (κ2) is 8.70. The van der Waals surface area contributed by atoms with Gasteiger partial charge in [-0.25, -0.2) is 0 Å². The molecule has 0 unspecified atom stereocenters. The molecule has 3 aromatic heterocycles. The van der Waals surface area contributed by atoms with Crippen LogP contribution in [0.4, 0.5) is 0 Å². The molecule has 4 aromatic rings. The number of hydrogen-bond acceptors (Lipinski definition) is 5. The molecule has 0 saturated carbocycles. The lowest BCUT2D eigenvalue weighted by atomic mass is 10.2. The number of Topliss-reactive ketones (excluding diaryl/α,β-unsaturated/α-hetero) is 1. The van der Waals surface area contributed by atoms with Crippen LogP contribution in [0.3, 0.4) is 0 Å². The maximum atomic E-state index is 13.0. The number of fused-ring (bicyclic) bond motifs is 3. The summed E-state index contributed by atoms with van der Waals surface area (Å²) in [7, 11) is 0. The van der Waals surface area contributed by atoms with E-state index in [2.05, 4.69) is 21.7 Å². The minimum Gasteiger partial charge on any atom is -0.348 e. The van der Waals surface area contributed by atoms with Crippen LogP contribution in [0.1, 0.15) is 48.4 Å². The molecule has 0 N–H and O–H groups in total. The fourth-order valence-corrected chi connectivity index (χ4v) is 4.93. The van der Waals surface area contributed by atoms with Crippen molar-refractivity contribution in [3.8, 4) is 0 Å². The lowest BCUT2D eigenvalue weighted by molar-refractivity contribution is 0.102. The second-order valence-corrected chi connectivity index (χ2v) is 8.68. The molecule has 7 nitrogen and oxygen atoms in total. The van der Waals surface area contributed by atoms with E-state index in [1.165, 1.54) is 11.8 Å². The van der Waals surface area contributed by atoms with E-state index in [1.807, 2.05) is 55.5 Å². The third-order valence-corrected chi connectivity index (χ3v) is 6.51. The van der Waals surface area contributed by atoms with Crippen molar-refractivity contribution in [1.82, 2.24) is 23.7 Å². The molecule has 0 spiro atoms. The topological polar surface area (TPSA) is 74.2 Å². The Kier molecular flexibility index (Phi) is 6.00. The van der Waals surface area contributed by atoms with Crippen molar-refractivity contribution < 1.29 is 4.79 Å². The number of para-hydroxylation sites is 1. The van der Waals surface area contributed by atoms with E-state index in [4.69, 9.17) is 0 Å². The maximum Gasteiger partial charge on any atom is 0.262 e. The van der Waals surface area contributed by atoms with Gasteiger partial charge >= 0.3 is 0 Å². The molecule has 162 valence electrons. The molecule has 0 atom stereocenters. The molecule has 0 bridgehead atoms. The predicted molar refractivity (Wildman–Crippen MR) is 124 cm³/mol. The molecule has 0 radical (unpaired) electrons. The molecule has 0 aliphatic rings. The van der Waals surface area contributed by atoms with E-state index in [-0.39, 0.29) is 17.1 Å². The Morgan fingerprint density at radius 1 is 1.03 bits per heavy atom. The van der Waals surface area contributed by atoms with Gasteiger partial charge in [0.25, 0.3) is 5.56 Å².